The van der Waals surface area contributed by atoms with Crippen molar-refractivity contribution in [3.63, 3.8) is 0 Å². The van der Waals surface area contributed by atoms with Crippen LogP contribution in [0.2, 0.25) is 5.15 Å². The van der Waals surface area contributed by atoms with E-state index < -0.39 is 30.4 Å². The van der Waals surface area contributed by atoms with Crippen molar-refractivity contribution in [3.05, 3.63) is 11.5 Å². The molecule has 0 spiro atoms. The molecule has 2 N–H and O–H groups in total. The quantitative estimate of drug-likeness (QED) is 0.615. The maximum Gasteiger partial charge on any atom is 0.303 e. The van der Waals surface area contributed by atoms with E-state index in [1.165, 1.54) is 20.2 Å². The molecule has 0 radical (unpaired) electrons. The highest BCUT2D eigenvalue weighted by molar-refractivity contribution is 6.33. The minimum Gasteiger partial charge on any atom is -0.463 e. The fourth-order valence-corrected chi connectivity index (χ4v) is 2.89. The molecule has 0 aliphatic carbocycles. The van der Waals surface area contributed by atoms with E-state index in [1.54, 1.807) is 4.57 Å². The number of hydrogen-bond acceptors (Lipinski definition) is 9. The predicted octanol–water partition coefficient (Wildman–Crippen LogP) is 0.844. The van der Waals surface area contributed by atoms with Crippen LogP contribution >= 0.6 is 11.6 Å². The lowest BCUT2D eigenvalue weighted by molar-refractivity contribution is -0.155. The van der Waals surface area contributed by atoms with Crippen LogP contribution < -0.4 is 5.73 Å². The van der Waals surface area contributed by atoms with E-state index in [0.717, 1.165) is 0 Å². The van der Waals surface area contributed by atoms with Crippen LogP contribution in [-0.4, -0.2) is 50.3 Å². The number of aromatic nitrogens is 4. The topological polar surface area (TPSA) is 131 Å². The van der Waals surface area contributed by atoms with E-state index in [4.69, 9.17) is 31.5 Å². The van der Waals surface area contributed by atoms with Gasteiger partial charge in [0.15, 0.2) is 10.8 Å². The van der Waals surface area contributed by atoms with Gasteiger partial charge in [0.05, 0.1) is 6.33 Å². The van der Waals surface area contributed by atoms with E-state index in [0.29, 0.717) is 17.6 Å². The van der Waals surface area contributed by atoms with Crippen LogP contribution in [0.3, 0.4) is 0 Å². The summed E-state index contributed by atoms with van der Waals surface area (Å²) >= 11 is 6.02. The van der Waals surface area contributed by atoms with Crippen LogP contribution in [0.25, 0.3) is 11.2 Å². The summed E-state index contributed by atoms with van der Waals surface area (Å²) in [5, 5.41) is 0.132. The maximum absolute atomic E-state index is 11.3. The summed E-state index contributed by atoms with van der Waals surface area (Å²) in [4.78, 5) is 34.5. The standard InChI is InChI=1S/C14H16ClN5O5/c1-6(21)23-4-9-8(24-7(2)22)3-10(25-9)20-5-17-11-12(15)18-14(16)19-13(11)20/h5,8-10H,3-4H2,1-2H3,(H2,16,18,19)/t8-,9+,10-/m0/s1. The van der Waals surface area contributed by atoms with Gasteiger partial charge >= 0.3 is 11.9 Å². The lowest BCUT2D eigenvalue weighted by Gasteiger charge is -2.17. The minimum absolute atomic E-state index is 0.00486. The molecule has 1 saturated heterocycles. The molecule has 11 heteroatoms. The number of fused-ring (bicyclic) bond motifs is 1. The summed E-state index contributed by atoms with van der Waals surface area (Å²) in [5.74, 6) is -0.897. The number of esters is 2. The highest BCUT2D eigenvalue weighted by atomic mass is 35.5. The first-order chi connectivity index (χ1) is 11.8. The second-order valence-corrected chi connectivity index (χ2v) is 5.87. The Labute approximate surface area is 147 Å². The number of carbonyl (C=O) groups excluding carboxylic acids is 2. The van der Waals surface area contributed by atoms with E-state index >= 15 is 0 Å². The Morgan fingerprint density at radius 2 is 2.16 bits per heavy atom. The molecule has 3 atom stereocenters. The Kier molecular flexibility index (Phi) is 4.73. The number of ether oxygens (including phenoxy) is 3. The van der Waals surface area contributed by atoms with Crippen molar-refractivity contribution in [1.29, 1.82) is 0 Å². The average Bonchev–Trinajstić information content (AvgIpc) is 3.08. The van der Waals surface area contributed by atoms with E-state index in [2.05, 4.69) is 15.0 Å². The van der Waals surface area contributed by atoms with Crippen molar-refractivity contribution in [2.24, 2.45) is 0 Å². The summed E-state index contributed by atoms with van der Waals surface area (Å²) in [7, 11) is 0. The molecule has 3 rings (SSSR count). The number of anilines is 1. The molecular formula is C14H16ClN5O5. The Morgan fingerprint density at radius 3 is 2.84 bits per heavy atom. The largest absolute Gasteiger partial charge is 0.463 e. The molecule has 0 saturated carbocycles. The Bertz CT molecular complexity index is 825. The van der Waals surface area contributed by atoms with Crippen molar-refractivity contribution in [2.75, 3.05) is 12.3 Å². The number of nitrogens with two attached hydrogens (primary N) is 1. The van der Waals surface area contributed by atoms with Gasteiger partial charge in [0.2, 0.25) is 5.95 Å². The normalized spacial score (nSPS) is 22.9. The molecule has 3 heterocycles. The number of carbonyl (C=O) groups is 2. The SMILES string of the molecule is CC(=O)OC[C@H]1O[C@H](n2cnc3c(Cl)nc(N)nc32)C[C@@H]1OC(C)=O. The Morgan fingerprint density at radius 1 is 1.40 bits per heavy atom. The zero-order valence-electron chi connectivity index (χ0n) is 13.5. The lowest BCUT2D eigenvalue weighted by atomic mass is 10.2. The number of hydrogen-bond donors (Lipinski definition) is 1. The molecule has 2 aromatic rings. The molecular weight excluding hydrogens is 354 g/mol. The number of imidazole rings is 1. The molecule has 134 valence electrons. The van der Waals surface area contributed by atoms with Gasteiger partial charge < -0.3 is 19.9 Å². The number of nitrogen functional groups attached to an aromatic ring is 1. The second-order valence-electron chi connectivity index (χ2n) is 5.51. The van der Waals surface area contributed by atoms with E-state index in [-0.39, 0.29) is 17.7 Å². The Hall–Kier alpha value is -2.46. The van der Waals surface area contributed by atoms with Crippen molar-refractivity contribution < 1.29 is 23.8 Å². The molecule has 0 unspecified atom stereocenters. The van der Waals surface area contributed by atoms with E-state index in [9.17, 15) is 9.59 Å². The monoisotopic (exact) mass is 369 g/mol. The summed E-state index contributed by atoms with van der Waals surface area (Å²) in [6.45, 7) is 2.56. The lowest BCUT2D eigenvalue weighted by Crippen LogP contribution is -2.31. The van der Waals surface area contributed by atoms with Gasteiger partial charge in [-0.2, -0.15) is 9.97 Å². The average molecular weight is 370 g/mol. The first kappa shape index (κ1) is 17.4. The third-order valence-corrected chi connectivity index (χ3v) is 3.92. The Balaban J connectivity index is 1.87. The van der Waals surface area contributed by atoms with Crippen LogP contribution in [0, 0.1) is 0 Å². The molecule has 0 aromatic carbocycles. The smallest absolute Gasteiger partial charge is 0.303 e. The van der Waals surface area contributed by atoms with Gasteiger partial charge in [-0.1, -0.05) is 11.6 Å². The van der Waals surface area contributed by atoms with Crippen molar-refractivity contribution in [3.8, 4) is 0 Å². The predicted molar refractivity (Wildman–Crippen MR) is 85.5 cm³/mol. The van der Waals surface area contributed by atoms with Gasteiger partial charge in [-0.3, -0.25) is 14.2 Å². The van der Waals surface area contributed by atoms with Crippen molar-refractivity contribution in [2.45, 2.75) is 38.7 Å². The maximum atomic E-state index is 11.3. The van der Waals surface area contributed by atoms with Gasteiger partial charge in [-0.15, -0.1) is 0 Å². The second kappa shape index (κ2) is 6.81. The van der Waals surface area contributed by atoms with Gasteiger partial charge in [0.1, 0.15) is 30.6 Å². The van der Waals surface area contributed by atoms with Crippen LogP contribution in [0.4, 0.5) is 5.95 Å². The third-order valence-electron chi connectivity index (χ3n) is 3.66. The summed E-state index contributed by atoms with van der Waals surface area (Å²) in [6, 6.07) is 0. The van der Waals surface area contributed by atoms with Crippen LogP contribution in [0.15, 0.2) is 6.33 Å². The zero-order chi connectivity index (χ0) is 18.1. The van der Waals surface area contributed by atoms with Gasteiger partial charge in [0, 0.05) is 20.3 Å². The number of rotatable bonds is 4. The van der Waals surface area contributed by atoms with Crippen molar-refractivity contribution in [1.82, 2.24) is 19.5 Å². The third kappa shape index (κ3) is 3.64. The molecule has 10 nitrogen and oxygen atoms in total. The highest BCUT2D eigenvalue weighted by Gasteiger charge is 2.40. The zero-order valence-corrected chi connectivity index (χ0v) is 14.3. The molecule has 25 heavy (non-hydrogen) atoms. The first-order valence-corrected chi connectivity index (χ1v) is 7.84. The first-order valence-electron chi connectivity index (χ1n) is 7.46. The minimum atomic E-state index is -0.607. The summed E-state index contributed by atoms with van der Waals surface area (Å²) in [5.41, 5.74) is 6.42. The highest BCUT2D eigenvalue weighted by Crippen LogP contribution is 2.33. The number of nitrogens with zero attached hydrogens (tertiary/aromatic N) is 4. The fraction of sp³-hybridized carbons (Fsp3) is 0.500. The summed E-state index contributed by atoms with van der Waals surface area (Å²) < 4.78 is 17.8. The molecule has 1 aliphatic heterocycles. The van der Waals surface area contributed by atoms with Gasteiger partial charge in [-0.25, -0.2) is 4.98 Å². The van der Waals surface area contributed by atoms with Gasteiger partial charge in [-0.05, 0) is 0 Å². The number of halogens is 1. The summed E-state index contributed by atoms with van der Waals surface area (Å²) in [6.07, 6.45) is 0.103. The molecule has 0 bridgehead atoms. The van der Waals surface area contributed by atoms with E-state index in [1.807, 2.05) is 0 Å². The van der Waals surface area contributed by atoms with Crippen LogP contribution in [-0.2, 0) is 23.8 Å². The van der Waals surface area contributed by atoms with Gasteiger partial charge in [0.25, 0.3) is 0 Å². The van der Waals surface area contributed by atoms with Crippen LogP contribution in [0.1, 0.15) is 26.5 Å². The molecule has 2 aromatic heterocycles. The van der Waals surface area contributed by atoms with Crippen molar-refractivity contribution >= 4 is 40.7 Å². The molecule has 1 fully saturated rings. The van der Waals surface area contributed by atoms with Crippen LogP contribution in [0.5, 0.6) is 0 Å². The molecule has 1 aliphatic rings. The fourth-order valence-electron chi connectivity index (χ4n) is 2.67. The molecule has 0 amide bonds.